The number of rotatable bonds is 7. The van der Waals surface area contributed by atoms with Gasteiger partial charge < -0.3 is 4.74 Å². The molecule has 0 fully saturated rings. The third-order valence-corrected chi connectivity index (χ3v) is 5.04. The van der Waals surface area contributed by atoms with E-state index in [1.165, 1.54) is 0 Å². The number of para-hydroxylation sites is 1. The van der Waals surface area contributed by atoms with E-state index < -0.39 is 0 Å². The molecular formula is C22H30N2O2. The summed E-state index contributed by atoms with van der Waals surface area (Å²) in [6.07, 6.45) is 4.99. The zero-order valence-corrected chi connectivity index (χ0v) is 16.3. The topological polar surface area (TPSA) is 50.7 Å². The number of amides is 1. The number of carbonyl (C=O) groups is 1. The Balaban J connectivity index is 1.95. The second-order valence-electron chi connectivity index (χ2n) is 7.10. The van der Waals surface area contributed by atoms with E-state index in [2.05, 4.69) is 43.1 Å². The molecule has 4 nitrogen and oxygen atoms in total. The Hall–Kier alpha value is -2.36. The van der Waals surface area contributed by atoms with E-state index in [4.69, 9.17) is 4.74 Å². The summed E-state index contributed by atoms with van der Waals surface area (Å²) in [4.78, 5) is 12.2. The first kappa shape index (κ1) is 20.0. The Morgan fingerprint density at radius 3 is 2.85 bits per heavy atom. The summed E-state index contributed by atoms with van der Waals surface area (Å²) >= 11 is 0. The van der Waals surface area contributed by atoms with Gasteiger partial charge in [0.05, 0.1) is 5.71 Å². The van der Waals surface area contributed by atoms with Crippen LogP contribution in [0.4, 0.5) is 0 Å². The molecule has 0 aliphatic heterocycles. The van der Waals surface area contributed by atoms with Crippen molar-refractivity contribution in [1.82, 2.24) is 5.43 Å². The van der Waals surface area contributed by atoms with E-state index in [1.54, 1.807) is 0 Å². The number of carbonyl (C=O) groups excluding carboxylic acids is 1. The maximum absolute atomic E-state index is 12.2. The van der Waals surface area contributed by atoms with Crippen LogP contribution in [-0.2, 0) is 4.79 Å². The number of hydrogen-bond donors (Lipinski definition) is 1. The van der Waals surface area contributed by atoms with Crippen LogP contribution < -0.4 is 10.2 Å². The van der Waals surface area contributed by atoms with Crippen molar-refractivity contribution >= 4 is 11.6 Å². The predicted octanol–water partition coefficient (Wildman–Crippen LogP) is 4.98. The predicted molar refractivity (Wildman–Crippen MR) is 108 cm³/mol. The molecule has 2 atom stereocenters. The minimum absolute atomic E-state index is 0.0447. The molecule has 0 radical (unpaired) electrons. The Kier molecular flexibility index (Phi) is 7.19. The van der Waals surface area contributed by atoms with E-state index in [0.717, 1.165) is 47.4 Å². The third kappa shape index (κ3) is 5.32. The molecule has 1 aromatic carbocycles. The molecule has 1 amide bonds. The van der Waals surface area contributed by atoms with Crippen molar-refractivity contribution in [2.45, 2.75) is 52.9 Å². The van der Waals surface area contributed by atoms with Crippen molar-refractivity contribution in [3.63, 3.8) is 0 Å². The molecule has 0 spiro atoms. The van der Waals surface area contributed by atoms with Crippen molar-refractivity contribution in [1.29, 1.82) is 0 Å². The van der Waals surface area contributed by atoms with Gasteiger partial charge in [0.1, 0.15) is 5.75 Å². The van der Waals surface area contributed by atoms with Crippen LogP contribution >= 0.6 is 0 Å². The summed E-state index contributed by atoms with van der Waals surface area (Å²) in [5.74, 6) is 1.30. The summed E-state index contributed by atoms with van der Waals surface area (Å²) in [5.41, 5.74) is 6.94. The number of benzene rings is 1. The highest BCUT2D eigenvalue weighted by Gasteiger charge is 2.19. The lowest BCUT2D eigenvalue weighted by atomic mass is 9.85. The quantitative estimate of drug-likeness (QED) is 0.554. The van der Waals surface area contributed by atoms with Gasteiger partial charge in [-0.25, -0.2) is 5.43 Å². The lowest BCUT2D eigenvalue weighted by Gasteiger charge is -2.22. The van der Waals surface area contributed by atoms with Crippen molar-refractivity contribution in [3.8, 4) is 5.75 Å². The lowest BCUT2D eigenvalue weighted by molar-refractivity contribution is -0.123. The van der Waals surface area contributed by atoms with Crippen molar-refractivity contribution in [2.75, 3.05) is 6.61 Å². The fraction of sp³-hybridized carbons (Fsp3) is 0.455. The normalized spacial score (nSPS) is 19.6. The van der Waals surface area contributed by atoms with Gasteiger partial charge in [-0.3, -0.25) is 4.79 Å². The van der Waals surface area contributed by atoms with Crippen LogP contribution in [0.3, 0.4) is 0 Å². The molecule has 1 aliphatic carbocycles. The van der Waals surface area contributed by atoms with E-state index >= 15 is 0 Å². The van der Waals surface area contributed by atoms with Crippen LogP contribution in [-0.4, -0.2) is 18.2 Å². The van der Waals surface area contributed by atoms with Crippen LogP contribution in [0.25, 0.3) is 0 Å². The average molecular weight is 354 g/mol. The van der Waals surface area contributed by atoms with Gasteiger partial charge >= 0.3 is 0 Å². The monoisotopic (exact) mass is 354 g/mol. The Bertz CT molecular complexity index is 719. The molecule has 140 valence electrons. The molecule has 0 aromatic heterocycles. The van der Waals surface area contributed by atoms with Crippen molar-refractivity contribution < 1.29 is 9.53 Å². The smallest absolute Gasteiger partial charge is 0.277 e. The fourth-order valence-corrected chi connectivity index (χ4v) is 2.97. The summed E-state index contributed by atoms with van der Waals surface area (Å²) in [5, 5.41) is 4.31. The number of hydrogen-bond acceptors (Lipinski definition) is 3. The molecule has 26 heavy (non-hydrogen) atoms. The van der Waals surface area contributed by atoms with Gasteiger partial charge in [-0.05, 0) is 62.1 Å². The molecule has 4 heteroatoms. The second kappa shape index (κ2) is 9.37. The maximum Gasteiger partial charge on any atom is 0.277 e. The van der Waals surface area contributed by atoms with E-state index in [0.29, 0.717) is 11.8 Å². The molecule has 2 unspecified atom stereocenters. The van der Waals surface area contributed by atoms with Crippen LogP contribution in [0.15, 0.2) is 53.2 Å². The van der Waals surface area contributed by atoms with Gasteiger partial charge in [0.15, 0.2) is 6.61 Å². The summed E-state index contributed by atoms with van der Waals surface area (Å²) in [7, 11) is 0. The number of nitrogens with one attached hydrogen (secondary N) is 1. The summed E-state index contributed by atoms with van der Waals surface area (Å²) in [6, 6.07) is 7.88. The zero-order chi connectivity index (χ0) is 19.1. The molecule has 1 aliphatic rings. The number of ether oxygens (including phenoxy) is 1. The Morgan fingerprint density at radius 2 is 2.15 bits per heavy atom. The van der Waals surface area contributed by atoms with E-state index in [1.807, 2.05) is 32.0 Å². The van der Waals surface area contributed by atoms with Crippen LogP contribution in [0.5, 0.6) is 5.75 Å². The van der Waals surface area contributed by atoms with Gasteiger partial charge in [-0.15, -0.1) is 0 Å². The first-order valence-electron chi connectivity index (χ1n) is 9.32. The van der Waals surface area contributed by atoms with Gasteiger partial charge in [0.25, 0.3) is 5.91 Å². The van der Waals surface area contributed by atoms with Crippen LogP contribution in [0.2, 0.25) is 0 Å². The Morgan fingerprint density at radius 1 is 1.42 bits per heavy atom. The highest BCUT2D eigenvalue weighted by atomic mass is 16.5. The largest absolute Gasteiger partial charge is 0.483 e. The molecule has 2 rings (SSSR count). The van der Waals surface area contributed by atoms with Crippen LogP contribution in [0, 0.1) is 5.92 Å². The minimum Gasteiger partial charge on any atom is -0.483 e. The number of hydrazone groups is 1. The molecule has 1 aromatic rings. The summed E-state index contributed by atoms with van der Waals surface area (Å²) < 4.78 is 5.74. The highest BCUT2D eigenvalue weighted by Crippen LogP contribution is 2.28. The molecular weight excluding hydrogens is 324 g/mol. The molecule has 0 bridgehead atoms. The van der Waals surface area contributed by atoms with Gasteiger partial charge in [-0.2, -0.15) is 5.10 Å². The number of nitrogens with zero attached hydrogens (tertiary/aromatic N) is 1. The minimum atomic E-state index is -0.248. The molecule has 1 N–H and O–H groups in total. The molecule has 0 saturated heterocycles. The van der Waals surface area contributed by atoms with E-state index in [9.17, 15) is 4.79 Å². The van der Waals surface area contributed by atoms with Gasteiger partial charge in [0.2, 0.25) is 0 Å². The standard InChI is InChI=1S/C22H30N2O2/c1-6-16(4)19-9-7-8-10-21(19)26-14-22(25)24-23-20-13-18(15(2)3)12-11-17(20)5/h7-11,16,18H,2,6,12-14H2,1,3-5H3,(H,24,25). The molecule has 0 saturated carbocycles. The zero-order valence-electron chi connectivity index (χ0n) is 16.3. The molecule has 0 heterocycles. The van der Waals surface area contributed by atoms with Crippen molar-refractivity contribution in [2.24, 2.45) is 11.0 Å². The van der Waals surface area contributed by atoms with Crippen LogP contribution in [0.1, 0.15) is 58.4 Å². The van der Waals surface area contributed by atoms with E-state index in [-0.39, 0.29) is 12.5 Å². The van der Waals surface area contributed by atoms with Gasteiger partial charge in [0, 0.05) is 0 Å². The third-order valence-electron chi connectivity index (χ3n) is 5.04. The number of allylic oxidation sites excluding steroid dienone is 3. The average Bonchev–Trinajstić information content (AvgIpc) is 2.65. The SMILES string of the molecule is C=C(C)C1CC=C(C)C(=NNC(=O)COc2ccccc2C(C)CC)C1. The maximum atomic E-state index is 12.2. The highest BCUT2D eigenvalue weighted by molar-refractivity contribution is 6.01. The first-order chi connectivity index (χ1) is 12.4. The second-order valence-corrected chi connectivity index (χ2v) is 7.10. The lowest BCUT2D eigenvalue weighted by Crippen LogP contribution is -2.27. The summed E-state index contributed by atoms with van der Waals surface area (Å²) in [6.45, 7) is 12.4. The Labute approximate surface area is 157 Å². The fourth-order valence-electron chi connectivity index (χ4n) is 2.97. The first-order valence-corrected chi connectivity index (χ1v) is 9.32. The van der Waals surface area contributed by atoms with Gasteiger partial charge in [-0.1, -0.05) is 50.3 Å². The van der Waals surface area contributed by atoms with Crippen molar-refractivity contribution in [3.05, 3.63) is 53.6 Å².